The van der Waals surface area contributed by atoms with E-state index < -0.39 is 17.5 Å². The summed E-state index contributed by atoms with van der Waals surface area (Å²) in [5.41, 5.74) is 0.000625. The van der Waals surface area contributed by atoms with Crippen molar-refractivity contribution < 1.29 is 18.7 Å². The van der Waals surface area contributed by atoms with Gasteiger partial charge in [-0.1, -0.05) is 6.07 Å². The molecule has 4 nitrogen and oxygen atoms in total. The van der Waals surface area contributed by atoms with Gasteiger partial charge in [0.2, 0.25) is 0 Å². The van der Waals surface area contributed by atoms with Crippen LogP contribution in [-0.4, -0.2) is 30.9 Å². The molecule has 1 amide bonds. The van der Waals surface area contributed by atoms with Gasteiger partial charge in [0, 0.05) is 11.0 Å². The van der Waals surface area contributed by atoms with E-state index in [9.17, 15) is 9.18 Å². The summed E-state index contributed by atoms with van der Waals surface area (Å²) < 4.78 is 24.9. The first-order valence-corrected chi connectivity index (χ1v) is 6.72. The monoisotopic (exact) mass is 331 g/mol. The zero-order valence-corrected chi connectivity index (χ0v) is 12.3. The van der Waals surface area contributed by atoms with Crippen LogP contribution >= 0.6 is 15.9 Å². The van der Waals surface area contributed by atoms with Gasteiger partial charge in [-0.25, -0.2) is 4.39 Å². The minimum Gasteiger partial charge on any atom is -0.349 e. The summed E-state index contributed by atoms with van der Waals surface area (Å²) in [6, 6.07) is 4.40. The van der Waals surface area contributed by atoms with E-state index in [1.807, 2.05) is 13.8 Å². The third-order valence-corrected chi connectivity index (χ3v) is 3.41. The van der Waals surface area contributed by atoms with Crippen molar-refractivity contribution in [1.29, 1.82) is 0 Å². The van der Waals surface area contributed by atoms with Crippen molar-refractivity contribution in [3.05, 3.63) is 34.1 Å². The molecule has 1 fully saturated rings. The summed E-state index contributed by atoms with van der Waals surface area (Å²) in [5.74, 6) is -1.66. The van der Waals surface area contributed by atoms with Gasteiger partial charge in [0.1, 0.15) is 11.9 Å². The molecule has 0 aliphatic carbocycles. The second-order valence-electron chi connectivity index (χ2n) is 4.76. The standard InChI is InChI=1S/C13H15BrFNO3/c1-13(2)18-7-8(19-13)6-16-12(17)11-9(14)4-3-5-10(11)15/h3-5,8H,6-7H2,1-2H3,(H,16,17). The Hall–Kier alpha value is -0.980. The van der Waals surface area contributed by atoms with Crippen molar-refractivity contribution in [2.75, 3.05) is 13.2 Å². The molecule has 6 heteroatoms. The lowest BCUT2D eigenvalue weighted by molar-refractivity contribution is -0.137. The van der Waals surface area contributed by atoms with Crippen LogP contribution < -0.4 is 5.32 Å². The molecule has 0 bridgehead atoms. The van der Waals surface area contributed by atoms with E-state index >= 15 is 0 Å². The van der Waals surface area contributed by atoms with Crippen LogP contribution in [0.25, 0.3) is 0 Å². The third-order valence-electron chi connectivity index (χ3n) is 2.75. The van der Waals surface area contributed by atoms with Crippen molar-refractivity contribution in [2.24, 2.45) is 0 Å². The minimum atomic E-state index is -0.631. The molecule has 0 radical (unpaired) electrons. The minimum absolute atomic E-state index is 0.000625. The molecule has 1 atom stereocenters. The summed E-state index contributed by atoms with van der Waals surface area (Å²) in [5, 5.41) is 2.65. The molecular formula is C13H15BrFNO3. The predicted octanol–water partition coefficient (Wildman–Crippen LogP) is 2.47. The van der Waals surface area contributed by atoms with Crippen LogP contribution in [0.4, 0.5) is 4.39 Å². The maximum atomic E-state index is 13.6. The highest BCUT2D eigenvalue weighted by molar-refractivity contribution is 9.10. The topological polar surface area (TPSA) is 47.6 Å². The summed E-state index contributed by atoms with van der Waals surface area (Å²) in [7, 11) is 0. The second-order valence-corrected chi connectivity index (χ2v) is 5.61. The first-order valence-electron chi connectivity index (χ1n) is 5.93. The fraction of sp³-hybridized carbons (Fsp3) is 0.462. The molecule has 1 saturated heterocycles. The van der Waals surface area contributed by atoms with E-state index in [-0.39, 0.29) is 18.2 Å². The highest BCUT2D eigenvalue weighted by atomic mass is 79.9. The number of amides is 1. The van der Waals surface area contributed by atoms with Gasteiger partial charge in [-0.3, -0.25) is 4.79 Å². The molecule has 1 aromatic carbocycles. The molecule has 19 heavy (non-hydrogen) atoms. The fourth-order valence-electron chi connectivity index (χ4n) is 1.87. The van der Waals surface area contributed by atoms with E-state index in [2.05, 4.69) is 21.2 Å². The lowest BCUT2D eigenvalue weighted by Gasteiger charge is -2.17. The predicted molar refractivity (Wildman–Crippen MR) is 71.3 cm³/mol. The Morgan fingerprint density at radius 3 is 2.89 bits per heavy atom. The van der Waals surface area contributed by atoms with E-state index in [1.54, 1.807) is 6.07 Å². The molecular weight excluding hydrogens is 317 g/mol. The Morgan fingerprint density at radius 1 is 1.58 bits per heavy atom. The van der Waals surface area contributed by atoms with Crippen molar-refractivity contribution in [2.45, 2.75) is 25.7 Å². The van der Waals surface area contributed by atoms with E-state index in [0.717, 1.165) is 0 Å². The van der Waals surface area contributed by atoms with Crippen molar-refractivity contribution in [3.8, 4) is 0 Å². The zero-order chi connectivity index (χ0) is 14.0. The number of carbonyl (C=O) groups is 1. The fourth-order valence-corrected chi connectivity index (χ4v) is 2.40. The lowest BCUT2D eigenvalue weighted by Crippen LogP contribution is -2.35. The van der Waals surface area contributed by atoms with Gasteiger partial charge < -0.3 is 14.8 Å². The van der Waals surface area contributed by atoms with Crippen LogP contribution in [0.3, 0.4) is 0 Å². The first-order chi connectivity index (χ1) is 8.89. The van der Waals surface area contributed by atoms with Crippen molar-refractivity contribution >= 4 is 21.8 Å². The van der Waals surface area contributed by atoms with Gasteiger partial charge in [-0.15, -0.1) is 0 Å². The SMILES string of the molecule is CC1(C)OCC(CNC(=O)c2c(F)cccc2Br)O1. The molecule has 1 aromatic rings. The number of halogens is 2. The Balaban J connectivity index is 1.95. The quantitative estimate of drug-likeness (QED) is 0.925. The van der Waals surface area contributed by atoms with Crippen molar-refractivity contribution in [1.82, 2.24) is 5.32 Å². The Labute approximate surface area is 119 Å². The molecule has 0 aromatic heterocycles. The van der Waals surface area contributed by atoms with Gasteiger partial charge in [-0.05, 0) is 41.9 Å². The maximum absolute atomic E-state index is 13.6. The number of nitrogens with one attached hydrogen (secondary N) is 1. The van der Waals surface area contributed by atoms with Crippen LogP contribution in [0.2, 0.25) is 0 Å². The summed E-state index contributed by atoms with van der Waals surface area (Å²) in [6.07, 6.45) is -0.218. The summed E-state index contributed by atoms with van der Waals surface area (Å²) in [6.45, 7) is 4.30. The van der Waals surface area contributed by atoms with Gasteiger partial charge >= 0.3 is 0 Å². The summed E-state index contributed by atoms with van der Waals surface area (Å²) in [4.78, 5) is 11.9. The average molecular weight is 332 g/mol. The Morgan fingerprint density at radius 2 is 2.32 bits per heavy atom. The Kier molecular flexibility index (Phi) is 4.23. The molecule has 104 valence electrons. The summed E-state index contributed by atoms with van der Waals surface area (Å²) >= 11 is 3.16. The van der Waals surface area contributed by atoms with Gasteiger partial charge in [0.15, 0.2) is 5.79 Å². The number of rotatable bonds is 3. The highest BCUT2D eigenvalue weighted by Gasteiger charge is 2.32. The van der Waals surface area contributed by atoms with Crippen LogP contribution in [0.15, 0.2) is 22.7 Å². The lowest BCUT2D eigenvalue weighted by atomic mass is 10.2. The van der Waals surface area contributed by atoms with Crippen molar-refractivity contribution in [3.63, 3.8) is 0 Å². The van der Waals surface area contributed by atoms with Crippen LogP contribution in [0.1, 0.15) is 24.2 Å². The molecule has 0 saturated carbocycles. The van der Waals surface area contributed by atoms with Crippen LogP contribution in [-0.2, 0) is 9.47 Å². The van der Waals surface area contributed by atoms with Crippen LogP contribution in [0, 0.1) is 5.82 Å². The molecule has 1 unspecified atom stereocenters. The molecule has 1 aliphatic rings. The number of benzene rings is 1. The molecule has 2 rings (SSSR count). The number of carbonyl (C=O) groups excluding carboxylic acids is 1. The van der Waals surface area contributed by atoms with Gasteiger partial charge in [-0.2, -0.15) is 0 Å². The van der Waals surface area contributed by atoms with Gasteiger partial charge in [0.25, 0.3) is 5.91 Å². The number of hydrogen-bond acceptors (Lipinski definition) is 3. The number of ether oxygens (including phenoxy) is 2. The largest absolute Gasteiger partial charge is 0.349 e. The van der Waals surface area contributed by atoms with E-state index in [4.69, 9.17) is 9.47 Å². The van der Waals surface area contributed by atoms with E-state index in [1.165, 1.54) is 12.1 Å². The second kappa shape index (κ2) is 5.56. The Bertz CT molecular complexity index is 473. The molecule has 1 N–H and O–H groups in total. The smallest absolute Gasteiger partial charge is 0.255 e. The molecule has 1 aliphatic heterocycles. The maximum Gasteiger partial charge on any atom is 0.255 e. The average Bonchev–Trinajstić information content (AvgIpc) is 2.66. The van der Waals surface area contributed by atoms with E-state index in [0.29, 0.717) is 11.1 Å². The normalized spacial score (nSPS) is 21.4. The first kappa shape index (κ1) is 14.4. The molecule has 0 spiro atoms. The van der Waals surface area contributed by atoms with Gasteiger partial charge in [0.05, 0.1) is 12.2 Å². The molecule has 1 heterocycles. The third kappa shape index (κ3) is 3.52. The number of hydrogen-bond donors (Lipinski definition) is 1. The zero-order valence-electron chi connectivity index (χ0n) is 10.7. The highest BCUT2D eigenvalue weighted by Crippen LogP contribution is 2.22. The van der Waals surface area contributed by atoms with Crippen LogP contribution in [0.5, 0.6) is 0 Å².